The topological polar surface area (TPSA) is 21.3 Å². The van der Waals surface area contributed by atoms with Gasteiger partial charge in [-0.1, -0.05) is 6.07 Å². The van der Waals surface area contributed by atoms with Gasteiger partial charge in [0.2, 0.25) is 0 Å². The van der Waals surface area contributed by atoms with Crippen LogP contribution in [0.5, 0.6) is 5.75 Å². The number of nitrogens with one attached hydrogen (secondary N) is 1. The van der Waals surface area contributed by atoms with Gasteiger partial charge in [-0.25, -0.2) is 0 Å². The molecule has 1 aromatic carbocycles. The van der Waals surface area contributed by atoms with Crippen molar-refractivity contribution >= 4 is 5.69 Å². The van der Waals surface area contributed by atoms with E-state index in [1.54, 1.807) is 13.0 Å². The monoisotopic (exact) mass is 217 g/mol. The number of alkyl halides is 3. The van der Waals surface area contributed by atoms with Crippen LogP contribution in [0.3, 0.4) is 0 Å². The minimum absolute atomic E-state index is 0.0937. The van der Waals surface area contributed by atoms with Crippen LogP contribution in [0.15, 0.2) is 18.2 Å². The van der Waals surface area contributed by atoms with Gasteiger partial charge in [-0.2, -0.15) is 13.2 Å². The molecule has 0 fully saturated rings. The van der Waals surface area contributed by atoms with Gasteiger partial charge in [0.25, 0.3) is 0 Å². The van der Waals surface area contributed by atoms with Gasteiger partial charge in [0.1, 0.15) is 6.10 Å². The smallest absolute Gasteiger partial charge is 0.420 e. The number of rotatable bonds is 0. The van der Waals surface area contributed by atoms with E-state index in [9.17, 15) is 13.2 Å². The van der Waals surface area contributed by atoms with Crippen molar-refractivity contribution in [1.82, 2.24) is 0 Å². The molecule has 0 saturated carbocycles. The van der Waals surface area contributed by atoms with Gasteiger partial charge in [0, 0.05) is 0 Å². The molecule has 1 N–H and O–H groups in total. The summed E-state index contributed by atoms with van der Waals surface area (Å²) in [6.45, 7) is 2.25. The van der Waals surface area contributed by atoms with E-state index in [1.807, 2.05) is 0 Å². The van der Waals surface area contributed by atoms with E-state index in [0.717, 1.165) is 6.07 Å². The molecular formula is C10H10F3NO. The molecule has 0 bridgehead atoms. The van der Waals surface area contributed by atoms with Crippen molar-refractivity contribution in [3.8, 4) is 5.75 Å². The minimum atomic E-state index is -4.37. The Morgan fingerprint density at radius 3 is 2.80 bits per heavy atom. The highest BCUT2D eigenvalue weighted by Crippen LogP contribution is 2.42. The zero-order valence-electron chi connectivity index (χ0n) is 8.06. The van der Waals surface area contributed by atoms with Crippen molar-refractivity contribution in [1.29, 1.82) is 0 Å². The van der Waals surface area contributed by atoms with E-state index in [2.05, 4.69) is 5.32 Å². The summed E-state index contributed by atoms with van der Waals surface area (Å²) in [5.41, 5.74) is -0.318. The summed E-state index contributed by atoms with van der Waals surface area (Å²) in [7, 11) is 0. The average molecular weight is 217 g/mol. The van der Waals surface area contributed by atoms with Crippen LogP contribution in [0.1, 0.15) is 12.5 Å². The lowest BCUT2D eigenvalue weighted by atomic mass is 10.1. The van der Waals surface area contributed by atoms with Crippen LogP contribution < -0.4 is 10.1 Å². The highest BCUT2D eigenvalue weighted by atomic mass is 19.4. The lowest BCUT2D eigenvalue weighted by Crippen LogP contribution is -2.29. The summed E-state index contributed by atoms with van der Waals surface area (Å²) in [5, 5.41) is 2.90. The summed E-state index contributed by atoms with van der Waals surface area (Å²) in [6, 6.07) is 3.98. The Kier molecular flexibility index (Phi) is 2.25. The third-order valence-corrected chi connectivity index (χ3v) is 2.22. The van der Waals surface area contributed by atoms with Gasteiger partial charge < -0.3 is 10.1 Å². The summed E-state index contributed by atoms with van der Waals surface area (Å²) < 4.78 is 43.0. The Morgan fingerprint density at radius 1 is 1.40 bits per heavy atom. The fourth-order valence-electron chi connectivity index (χ4n) is 1.52. The number of benzene rings is 1. The largest absolute Gasteiger partial charge is 0.486 e. The van der Waals surface area contributed by atoms with E-state index < -0.39 is 11.7 Å². The van der Waals surface area contributed by atoms with Gasteiger partial charge in [0.15, 0.2) is 5.75 Å². The molecule has 0 spiro atoms. The fraction of sp³-hybridized carbons (Fsp3) is 0.400. The first-order valence-corrected chi connectivity index (χ1v) is 4.59. The second-order valence-corrected chi connectivity index (χ2v) is 3.49. The number of para-hydroxylation sites is 1. The molecule has 0 radical (unpaired) electrons. The summed E-state index contributed by atoms with van der Waals surface area (Å²) in [6.07, 6.45) is -4.62. The minimum Gasteiger partial charge on any atom is -0.486 e. The molecule has 2 rings (SSSR count). The van der Waals surface area contributed by atoms with Crippen molar-refractivity contribution in [3.63, 3.8) is 0 Å². The Hall–Kier alpha value is -1.39. The van der Waals surface area contributed by atoms with Crippen molar-refractivity contribution in [2.45, 2.75) is 19.2 Å². The van der Waals surface area contributed by atoms with Crippen LogP contribution in [-0.2, 0) is 6.18 Å². The van der Waals surface area contributed by atoms with Crippen molar-refractivity contribution < 1.29 is 17.9 Å². The zero-order valence-corrected chi connectivity index (χ0v) is 8.06. The second kappa shape index (κ2) is 3.32. The van der Waals surface area contributed by atoms with E-state index in [-0.39, 0.29) is 11.9 Å². The fourth-order valence-corrected chi connectivity index (χ4v) is 1.52. The molecule has 1 aliphatic rings. The van der Waals surface area contributed by atoms with Crippen LogP contribution >= 0.6 is 0 Å². The molecule has 1 aliphatic heterocycles. The van der Waals surface area contributed by atoms with Crippen molar-refractivity contribution in [2.75, 3.05) is 11.9 Å². The first-order valence-electron chi connectivity index (χ1n) is 4.59. The molecule has 0 saturated heterocycles. The van der Waals surface area contributed by atoms with Crippen molar-refractivity contribution in [3.05, 3.63) is 23.8 Å². The quantitative estimate of drug-likeness (QED) is 0.721. The number of hydrogen-bond donors (Lipinski definition) is 1. The summed E-state index contributed by atoms with van der Waals surface area (Å²) in [5.74, 6) is -0.0937. The van der Waals surface area contributed by atoms with Crippen LogP contribution in [0.25, 0.3) is 0 Å². The van der Waals surface area contributed by atoms with Crippen LogP contribution in [0, 0.1) is 0 Å². The predicted molar refractivity (Wildman–Crippen MR) is 50.0 cm³/mol. The Balaban J connectivity index is 2.49. The molecule has 1 unspecified atom stereocenters. The molecule has 5 heteroatoms. The van der Waals surface area contributed by atoms with Gasteiger partial charge in [0.05, 0.1) is 17.8 Å². The molecule has 0 amide bonds. The molecule has 1 atom stereocenters. The third kappa shape index (κ3) is 1.86. The zero-order chi connectivity index (χ0) is 11.1. The lowest BCUT2D eigenvalue weighted by molar-refractivity contribution is -0.139. The first-order chi connectivity index (χ1) is 6.98. The average Bonchev–Trinajstić information content (AvgIpc) is 2.15. The van der Waals surface area contributed by atoms with Gasteiger partial charge >= 0.3 is 6.18 Å². The molecule has 1 aromatic rings. The first kappa shape index (κ1) is 10.1. The Bertz CT molecular complexity index is 375. The van der Waals surface area contributed by atoms with Gasteiger partial charge in [-0.05, 0) is 19.1 Å². The Morgan fingerprint density at radius 2 is 2.13 bits per heavy atom. The molecular weight excluding hydrogens is 207 g/mol. The summed E-state index contributed by atoms with van der Waals surface area (Å²) >= 11 is 0. The lowest BCUT2D eigenvalue weighted by Gasteiger charge is -2.27. The maximum atomic E-state index is 12.6. The third-order valence-electron chi connectivity index (χ3n) is 2.22. The number of halogens is 3. The van der Waals surface area contributed by atoms with E-state index in [4.69, 9.17) is 4.74 Å². The van der Waals surface area contributed by atoms with E-state index in [1.165, 1.54) is 6.07 Å². The van der Waals surface area contributed by atoms with Crippen LogP contribution in [-0.4, -0.2) is 12.6 Å². The number of ether oxygens (including phenoxy) is 1. The van der Waals surface area contributed by atoms with Gasteiger partial charge in [-0.3, -0.25) is 0 Å². The van der Waals surface area contributed by atoms with Crippen LogP contribution in [0.2, 0.25) is 0 Å². The maximum Gasteiger partial charge on any atom is 0.420 e. The number of hydrogen-bond acceptors (Lipinski definition) is 2. The molecule has 82 valence electrons. The van der Waals surface area contributed by atoms with E-state index in [0.29, 0.717) is 12.2 Å². The highest BCUT2D eigenvalue weighted by molar-refractivity contribution is 5.62. The molecule has 1 heterocycles. The highest BCUT2D eigenvalue weighted by Gasteiger charge is 2.36. The van der Waals surface area contributed by atoms with Crippen LogP contribution in [0.4, 0.5) is 18.9 Å². The molecule has 2 nitrogen and oxygen atoms in total. The predicted octanol–water partition coefficient (Wildman–Crippen LogP) is 2.90. The molecule has 0 aromatic heterocycles. The van der Waals surface area contributed by atoms with Crippen molar-refractivity contribution in [2.24, 2.45) is 0 Å². The second-order valence-electron chi connectivity index (χ2n) is 3.49. The van der Waals surface area contributed by atoms with Gasteiger partial charge in [-0.15, -0.1) is 0 Å². The molecule has 15 heavy (non-hydrogen) atoms. The summed E-state index contributed by atoms with van der Waals surface area (Å²) in [4.78, 5) is 0. The normalized spacial score (nSPS) is 20.1. The molecule has 0 aliphatic carbocycles. The Labute approximate surface area is 85.0 Å². The van der Waals surface area contributed by atoms with E-state index >= 15 is 0 Å². The SMILES string of the molecule is CC1CNc2cccc(C(F)(F)F)c2O1. The number of anilines is 1. The number of fused-ring (bicyclic) bond motifs is 1. The maximum absolute atomic E-state index is 12.6. The standard InChI is InChI=1S/C10H10F3NO/c1-6-5-14-8-4-2-3-7(9(8)15-6)10(11,12)13/h2-4,6,14H,5H2,1H3.